The summed E-state index contributed by atoms with van der Waals surface area (Å²) in [6.45, 7) is 1.14. The number of anilines is 1. The van der Waals surface area contributed by atoms with E-state index in [-0.39, 0.29) is 24.0 Å². The van der Waals surface area contributed by atoms with Crippen molar-refractivity contribution in [1.29, 1.82) is 0 Å². The smallest absolute Gasteiger partial charge is 0.264 e. The fourth-order valence-electron chi connectivity index (χ4n) is 3.44. The number of fused-ring (bicyclic) bond motifs is 2. The highest BCUT2D eigenvalue weighted by atomic mass is 16.2. The maximum absolute atomic E-state index is 12.7. The third-order valence-electron chi connectivity index (χ3n) is 4.59. The van der Waals surface area contributed by atoms with Crippen molar-refractivity contribution in [3.63, 3.8) is 0 Å². The summed E-state index contributed by atoms with van der Waals surface area (Å²) in [5, 5.41) is 5.30. The van der Waals surface area contributed by atoms with Crippen molar-refractivity contribution in [2.45, 2.75) is 32.0 Å². The van der Waals surface area contributed by atoms with Crippen LogP contribution in [0.15, 0.2) is 6.07 Å². The van der Waals surface area contributed by atoms with Crippen LogP contribution in [0, 0.1) is 0 Å². The Morgan fingerprint density at radius 3 is 2.65 bits per heavy atom. The molecule has 1 unspecified atom stereocenters. The second kappa shape index (κ2) is 4.63. The zero-order valence-corrected chi connectivity index (χ0v) is 12.1. The maximum Gasteiger partial charge on any atom is 0.264 e. The predicted octanol–water partition coefficient (Wildman–Crippen LogP) is -0.727. The third kappa shape index (κ3) is 1.81. The first-order valence-corrected chi connectivity index (χ1v) is 7.35. The summed E-state index contributed by atoms with van der Waals surface area (Å²) in [7, 11) is 0. The fourth-order valence-corrected chi connectivity index (χ4v) is 3.44. The molecule has 1 atom stereocenters. The Morgan fingerprint density at radius 2 is 1.91 bits per heavy atom. The van der Waals surface area contributed by atoms with E-state index in [1.807, 2.05) is 0 Å². The average molecular weight is 314 g/mol. The second-order valence-electron chi connectivity index (χ2n) is 5.90. The molecule has 1 saturated heterocycles. The predicted molar refractivity (Wildman–Crippen MR) is 78.1 cm³/mol. The Morgan fingerprint density at radius 1 is 1.13 bits per heavy atom. The number of nitrogens with zero attached hydrogens (tertiary/aromatic N) is 1. The minimum absolute atomic E-state index is 0.0969. The van der Waals surface area contributed by atoms with Crippen LogP contribution in [0.25, 0.3) is 0 Å². The van der Waals surface area contributed by atoms with Crippen LogP contribution in [0.2, 0.25) is 0 Å². The maximum atomic E-state index is 12.7. The van der Waals surface area contributed by atoms with Crippen molar-refractivity contribution in [3.05, 3.63) is 28.3 Å². The lowest BCUT2D eigenvalue weighted by atomic mass is 9.99. The number of nitrogens with two attached hydrogens (primary N) is 1. The van der Waals surface area contributed by atoms with Gasteiger partial charge in [-0.1, -0.05) is 0 Å². The van der Waals surface area contributed by atoms with Gasteiger partial charge in [0.25, 0.3) is 11.8 Å². The average Bonchev–Trinajstić information content (AvgIpc) is 3.06. The highest BCUT2D eigenvalue weighted by Crippen LogP contribution is 2.36. The lowest BCUT2D eigenvalue weighted by Gasteiger charge is -2.27. The summed E-state index contributed by atoms with van der Waals surface area (Å²) in [5.74, 6) is -2.11. The summed E-state index contributed by atoms with van der Waals surface area (Å²) >= 11 is 0. The van der Waals surface area contributed by atoms with E-state index >= 15 is 0 Å². The first-order valence-electron chi connectivity index (χ1n) is 7.35. The Labute approximate surface area is 131 Å². The van der Waals surface area contributed by atoms with E-state index < -0.39 is 29.7 Å². The highest BCUT2D eigenvalue weighted by Gasteiger charge is 2.46. The van der Waals surface area contributed by atoms with E-state index in [9.17, 15) is 19.2 Å². The Bertz CT molecular complexity index is 801. The van der Waals surface area contributed by atoms with E-state index in [1.165, 1.54) is 0 Å². The van der Waals surface area contributed by atoms with E-state index in [4.69, 9.17) is 5.73 Å². The molecule has 8 heteroatoms. The van der Waals surface area contributed by atoms with Crippen LogP contribution in [-0.2, 0) is 22.7 Å². The molecule has 3 heterocycles. The lowest BCUT2D eigenvalue weighted by molar-refractivity contribution is -0.136. The van der Waals surface area contributed by atoms with Gasteiger partial charge >= 0.3 is 0 Å². The van der Waals surface area contributed by atoms with Gasteiger partial charge in [-0.3, -0.25) is 29.4 Å². The molecule has 4 N–H and O–H groups in total. The van der Waals surface area contributed by atoms with Gasteiger partial charge in [0, 0.05) is 19.5 Å². The molecule has 3 aliphatic heterocycles. The summed E-state index contributed by atoms with van der Waals surface area (Å²) in [6.07, 6.45) is 0.233. The topological polar surface area (TPSA) is 122 Å². The molecule has 0 aromatic heterocycles. The van der Waals surface area contributed by atoms with Crippen LogP contribution in [0.3, 0.4) is 0 Å². The number of hydrogen-bond donors (Lipinski definition) is 3. The molecule has 3 aliphatic rings. The number of imide groups is 2. The number of nitrogen functional groups attached to an aromatic ring is 1. The highest BCUT2D eigenvalue weighted by molar-refractivity contribution is 6.25. The van der Waals surface area contributed by atoms with Crippen molar-refractivity contribution in [2.24, 2.45) is 0 Å². The number of rotatable bonds is 1. The number of hydrogen-bond acceptors (Lipinski definition) is 6. The summed E-state index contributed by atoms with van der Waals surface area (Å²) < 4.78 is 0. The van der Waals surface area contributed by atoms with Crippen molar-refractivity contribution in [3.8, 4) is 0 Å². The quantitative estimate of drug-likeness (QED) is 0.464. The van der Waals surface area contributed by atoms with Crippen molar-refractivity contribution in [2.75, 3.05) is 5.73 Å². The minimum atomic E-state index is -0.965. The number of nitrogens with one attached hydrogen (secondary N) is 2. The molecule has 1 fully saturated rings. The van der Waals surface area contributed by atoms with Crippen LogP contribution in [-0.4, -0.2) is 34.6 Å². The number of benzene rings is 1. The first-order chi connectivity index (χ1) is 11.0. The van der Waals surface area contributed by atoms with Crippen LogP contribution in [0.1, 0.15) is 44.7 Å². The summed E-state index contributed by atoms with van der Waals surface area (Å²) in [4.78, 5) is 49.5. The molecular weight excluding hydrogens is 300 g/mol. The molecule has 0 saturated carbocycles. The SMILES string of the molecule is Nc1c2c(cc3c1C(=O)N(C1CCC(=O)NC1=O)C3=O)CNC2. The van der Waals surface area contributed by atoms with Crippen LogP contribution < -0.4 is 16.4 Å². The number of carbonyl (C=O) groups is 4. The van der Waals surface area contributed by atoms with Gasteiger partial charge in [0.15, 0.2) is 0 Å². The third-order valence-corrected chi connectivity index (χ3v) is 4.59. The monoisotopic (exact) mass is 314 g/mol. The van der Waals surface area contributed by atoms with Crippen LogP contribution >= 0.6 is 0 Å². The van der Waals surface area contributed by atoms with Gasteiger partial charge in [-0.25, -0.2) is 0 Å². The Balaban J connectivity index is 1.77. The fraction of sp³-hybridized carbons (Fsp3) is 0.333. The van der Waals surface area contributed by atoms with Gasteiger partial charge in [-0.2, -0.15) is 0 Å². The molecule has 4 amide bonds. The van der Waals surface area contributed by atoms with Crippen molar-refractivity contribution in [1.82, 2.24) is 15.5 Å². The largest absolute Gasteiger partial charge is 0.398 e. The Kier molecular flexibility index (Phi) is 2.79. The molecule has 1 aromatic carbocycles. The zero-order valence-electron chi connectivity index (χ0n) is 12.1. The van der Waals surface area contributed by atoms with Gasteiger partial charge in [-0.15, -0.1) is 0 Å². The van der Waals surface area contributed by atoms with E-state index in [1.54, 1.807) is 6.07 Å². The molecule has 4 rings (SSSR count). The van der Waals surface area contributed by atoms with Gasteiger partial charge < -0.3 is 11.1 Å². The van der Waals surface area contributed by atoms with Crippen LogP contribution in [0.4, 0.5) is 5.69 Å². The number of piperidine rings is 1. The number of carbonyl (C=O) groups excluding carboxylic acids is 4. The molecule has 8 nitrogen and oxygen atoms in total. The van der Waals surface area contributed by atoms with Gasteiger partial charge in [0.2, 0.25) is 11.8 Å². The second-order valence-corrected chi connectivity index (χ2v) is 5.90. The molecule has 0 radical (unpaired) electrons. The van der Waals surface area contributed by atoms with E-state index in [2.05, 4.69) is 10.6 Å². The molecule has 118 valence electrons. The summed E-state index contributed by atoms with van der Waals surface area (Å²) in [5.41, 5.74) is 8.52. The summed E-state index contributed by atoms with van der Waals surface area (Å²) in [6, 6.07) is 0.708. The molecular formula is C15H14N4O4. The normalized spacial score (nSPS) is 23.1. The van der Waals surface area contributed by atoms with Crippen molar-refractivity contribution < 1.29 is 19.2 Å². The molecule has 0 aliphatic carbocycles. The van der Waals surface area contributed by atoms with E-state index in [0.29, 0.717) is 18.8 Å². The van der Waals surface area contributed by atoms with Gasteiger partial charge in [-0.05, 0) is 23.6 Å². The Hall–Kier alpha value is -2.74. The first kappa shape index (κ1) is 13.9. The van der Waals surface area contributed by atoms with Gasteiger partial charge in [0.1, 0.15) is 6.04 Å². The van der Waals surface area contributed by atoms with Crippen molar-refractivity contribution >= 4 is 29.3 Å². The van der Waals surface area contributed by atoms with Crippen LogP contribution in [0.5, 0.6) is 0 Å². The van der Waals surface area contributed by atoms with Gasteiger partial charge in [0.05, 0.1) is 16.8 Å². The zero-order chi connectivity index (χ0) is 16.3. The minimum Gasteiger partial charge on any atom is -0.398 e. The lowest BCUT2D eigenvalue weighted by Crippen LogP contribution is -2.54. The molecule has 0 bridgehead atoms. The standard InChI is InChI=1S/C15H14N4O4/c16-12-8-5-17-4-6(8)3-7-11(12)15(23)19(14(7)22)9-1-2-10(20)18-13(9)21/h3,9,17H,1-2,4-5,16H2,(H,18,20,21). The molecule has 1 aromatic rings. The molecule has 23 heavy (non-hydrogen) atoms. The molecule has 0 spiro atoms. The van der Waals surface area contributed by atoms with E-state index in [0.717, 1.165) is 16.0 Å². The number of amides is 4.